The maximum atomic E-state index is 12.2. The molecule has 0 unspecified atom stereocenters. The molecule has 2 amide bonds. The standard InChI is InChI=1S/C15H20N4O2/c1-2-18-7-9-19(10-8-18)15(20)16-11-13-12-5-3-4-6-14(12)21-17-13/h3-6H,2,7-11H2,1H3,(H,16,20). The van der Waals surface area contributed by atoms with Crippen LogP contribution in [0, 0.1) is 0 Å². The van der Waals surface area contributed by atoms with Crippen LogP contribution in [-0.4, -0.2) is 53.7 Å². The summed E-state index contributed by atoms with van der Waals surface area (Å²) < 4.78 is 5.23. The number of piperazine rings is 1. The predicted molar refractivity (Wildman–Crippen MR) is 79.9 cm³/mol. The predicted octanol–water partition coefficient (Wildman–Crippen LogP) is 1.67. The molecule has 0 saturated carbocycles. The molecule has 2 aromatic rings. The first-order valence-electron chi connectivity index (χ1n) is 7.36. The van der Waals surface area contributed by atoms with Crippen LogP contribution in [0.5, 0.6) is 0 Å². The van der Waals surface area contributed by atoms with Crippen LogP contribution in [0.25, 0.3) is 11.0 Å². The molecule has 1 fully saturated rings. The number of hydrogen-bond donors (Lipinski definition) is 1. The summed E-state index contributed by atoms with van der Waals surface area (Å²) >= 11 is 0. The summed E-state index contributed by atoms with van der Waals surface area (Å²) in [5, 5.41) is 7.90. The van der Waals surface area contributed by atoms with Crippen LogP contribution in [0.3, 0.4) is 0 Å². The molecular weight excluding hydrogens is 268 g/mol. The van der Waals surface area contributed by atoms with Crippen LogP contribution in [0.1, 0.15) is 12.6 Å². The number of benzene rings is 1. The van der Waals surface area contributed by atoms with Crippen LogP contribution >= 0.6 is 0 Å². The Morgan fingerprint density at radius 3 is 2.81 bits per heavy atom. The Hall–Kier alpha value is -2.08. The lowest BCUT2D eigenvalue weighted by atomic mass is 10.2. The number of rotatable bonds is 3. The second-order valence-corrected chi connectivity index (χ2v) is 5.21. The van der Waals surface area contributed by atoms with Gasteiger partial charge in [-0.3, -0.25) is 0 Å². The highest BCUT2D eigenvalue weighted by Gasteiger charge is 2.20. The van der Waals surface area contributed by atoms with Gasteiger partial charge in [0.1, 0.15) is 5.69 Å². The number of hydrogen-bond acceptors (Lipinski definition) is 4. The highest BCUT2D eigenvalue weighted by Crippen LogP contribution is 2.17. The second kappa shape index (κ2) is 6.13. The molecule has 21 heavy (non-hydrogen) atoms. The van der Waals surface area contributed by atoms with Gasteiger partial charge < -0.3 is 19.6 Å². The minimum atomic E-state index is -0.0298. The summed E-state index contributed by atoms with van der Waals surface area (Å²) in [5.41, 5.74) is 1.52. The molecule has 0 spiro atoms. The fraction of sp³-hybridized carbons (Fsp3) is 0.467. The van der Waals surface area contributed by atoms with E-state index in [9.17, 15) is 4.79 Å². The van der Waals surface area contributed by atoms with E-state index >= 15 is 0 Å². The third-order valence-electron chi connectivity index (χ3n) is 3.97. The van der Waals surface area contributed by atoms with Gasteiger partial charge in [-0.05, 0) is 18.7 Å². The number of carbonyl (C=O) groups excluding carboxylic acids is 1. The van der Waals surface area contributed by atoms with Crippen molar-refractivity contribution in [1.29, 1.82) is 0 Å². The van der Waals surface area contributed by atoms with Gasteiger partial charge in [-0.15, -0.1) is 0 Å². The lowest BCUT2D eigenvalue weighted by Gasteiger charge is -2.33. The Bertz CT molecular complexity index is 617. The number of aromatic nitrogens is 1. The van der Waals surface area contributed by atoms with Crippen molar-refractivity contribution in [3.8, 4) is 0 Å². The zero-order chi connectivity index (χ0) is 14.7. The molecule has 2 heterocycles. The van der Waals surface area contributed by atoms with Crippen LogP contribution in [0.15, 0.2) is 28.8 Å². The van der Waals surface area contributed by atoms with Crippen LogP contribution in [0.2, 0.25) is 0 Å². The maximum Gasteiger partial charge on any atom is 0.317 e. The van der Waals surface area contributed by atoms with E-state index in [4.69, 9.17) is 4.52 Å². The Balaban J connectivity index is 1.56. The van der Waals surface area contributed by atoms with Crippen molar-refractivity contribution < 1.29 is 9.32 Å². The molecular formula is C15H20N4O2. The number of urea groups is 1. The number of likely N-dealkylation sites (N-methyl/N-ethyl adjacent to an activating group) is 1. The quantitative estimate of drug-likeness (QED) is 0.933. The van der Waals surface area contributed by atoms with Gasteiger partial charge in [-0.25, -0.2) is 4.79 Å². The summed E-state index contributed by atoms with van der Waals surface area (Å²) in [4.78, 5) is 16.4. The summed E-state index contributed by atoms with van der Waals surface area (Å²) in [5.74, 6) is 0. The summed E-state index contributed by atoms with van der Waals surface area (Å²) in [6.07, 6.45) is 0. The van der Waals surface area contributed by atoms with E-state index in [-0.39, 0.29) is 6.03 Å². The molecule has 0 aliphatic carbocycles. The van der Waals surface area contributed by atoms with Crippen molar-refractivity contribution >= 4 is 17.0 Å². The van der Waals surface area contributed by atoms with E-state index in [1.165, 1.54) is 0 Å². The minimum absolute atomic E-state index is 0.0298. The van der Waals surface area contributed by atoms with E-state index in [2.05, 4.69) is 22.3 Å². The van der Waals surface area contributed by atoms with E-state index in [1.807, 2.05) is 29.2 Å². The summed E-state index contributed by atoms with van der Waals surface area (Å²) in [7, 11) is 0. The Labute approximate surface area is 123 Å². The molecule has 112 valence electrons. The molecule has 3 rings (SSSR count). The van der Waals surface area contributed by atoms with Crippen LogP contribution < -0.4 is 5.32 Å². The smallest absolute Gasteiger partial charge is 0.317 e. The highest BCUT2D eigenvalue weighted by molar-refractivity contribution is 5.80. The zero-order valence-electron chi connectivity index (χ0n) is 12.2. The van der Waals surface area contributed by atoms with Crippen molar-refractivity contribution in [2.75, 3.05) is 32.7 Å². The minimum Gasteiger partial charge on any atom is -0.356 e. The molecule has 1 aliphatic rings. The van der Waals surface area contributed by atoms with Crippen molar-refractivity contribution in [3.63, 3.8) is 0 Å². The molecule has 1 saturated heterocycles. The molecule has 1 N–H and O–H groups in total. The average molecular weight is 288 g/mol. The number of para-hydroxylation sites is 1. The summed E-state index contributed by atoms with van der Waals surface area (Å²) in [6, 6.07) is 7.64. The molecule has 6 nitrogen and oxygen atoms in total. The fourth-order valence-electron chi connectivity index (χ4n) is 2.60. The van der Waals surface area contributed by atoms with E-state index < -0.39 is 0 Å². The molecule has 1 aromatic carbocycles. The fourth-order valence-corrected chi connectivity index (χ4v) is 2.60. The molecule has 0 bridgehead atoms. The molecule has 1 aliphatic heterocycles. The number of amides is 2. The number of fused-ring (bicyclic) bond motifs is 1. The third kappa shape index (κ3) is 3.00. The molecule has 0 atom stereocenters. The van der Waals surface area contributed by atoms with E-state index in [1.54, 1.807) is 0 Å². The van der Waals surface area contributed by atoms with Gasteiger partial charge in [0.15, 0.2) is 5.58 Å². The third-order valence-corrected chi connectivity index (χ3v) is 3.97. The average Bonchev–Trinajstić information content (AvgIpc) is 2.96. The van der Waals surface area contributed by atoms with Crippen molar-refractivity contribution in [2.45, 2.75) is 13.5 Å². The first kappa shape index (κ1) is 13.9. The second-order valence-electron chi connectivity index (χ2n) is 5.21. The van der Waals surface area contributed by atoms with Crippen LogP contribution in [0.4, 0.5) is 4.79 Å². The lowest BCUT2D eigenvalue weighted by molar-refractivity contribution is 0.142. The summed E-state index contributed by atoms with van der Waals surface area (Å²) in [6.45, 7) is 7.02. The van der Waals surface area contributed by atoms with E-state index in [0.29, 0.717) is 6.54 Å². The highest BCUT2D eigenvalue weighted by atomic mass is 16.5. The SMILES string of the molecule is CCN1CCN(C(=O)NCc2noc3ccccc23)CC1. The van der Waals surface area contributed by atoms with Gasteiger partial charge in [0, 0.05) is 31.6 Å². The Kier molecular flexibility index (Phi) is 4.06. The largest absolute Gasteiger partial charge is 0.356 e. The monoisotopic (exact) mass is 288 g/mol. The lowest BCUT2D eigenvalue weighted by Crippen LogP contribution is -2.51. The van der Waals surface area contributed by atoms with Crippen LogP contribution in [-0.2, 0) is 6.54 Å². The van der Waals surface area contributed by atoms with Gasteiger partial charge in [-0.2, -0.15) is 0 Å². The van der Waals surface area contributed by atoms with Gasteiger partial charge in [0.05, 0.1) is 6.54 Å². The zero-order valence-corrected chi connectivity index (χ0v) is 12.2. The van der Waals surface area contributed by atoms with Crippen molar-refractivity contribution in [3.05, 3.63) is 30.0 Å². The van der Waals surface area contributed by atoms with Gasteiger partial charge in [-0.1, -0.05) is 24.2 Å². The normalized spacial score (nSPS) is 16.3. The molecule has 6 heteroatoms. The molecule has 0 radical (unpaired) electrons. The van der Waals surface area contributed by atoms with Crippen molar-refractivity contribution in [2.24, 2.45) is 0 Å². The maximum absolute atomic E-state index is 12.2. The number of nitrogens with one attached hydrogen (secondary N) is 1. The number of carbonyl (C=O) groups is 1. The van der Waals surface area contributed by atoms with Gasteiger partial charge in [0.2, 0.25) is 0 Å². The number of nitrogens with zero attached hydrogens (tertiary/aromatic N) is 3. The first-order chi connectivity index (χ1) is 10.3. The van der Waals surface area contributed by atoms with Gasteiger partial charge >= 0.3 is 6.03 Å². The Morgan fingerprint density at radius 1 is 1.29 bits per heavy atom. The van der Waals surface area contributed by atoms with Crippen molar-refractivity contribution in [1.82, 2.24) is 20.3 Å². The van der Waals surface area contributed by atoms with Gasteiger partial charge in [0.25, 0.3) is 0 Å². The Morgan fingerprint density at radius 2 is 2.05 bits per heavy atom. The first-order valence-corrected chi connectivity index (χ1v) is 7.36. The molecule has 1 aromatic heterocycles. The topological polar surface area (TPSA) is 61.6 Å². The van der Waals surface area contributed by atoms with E-state index in [0.717, 1.165) is 49.4 Å².